The van der Waals surface area contributed by atoms with E-state index in [2.05, 4.69) is 4.74 Å². The van der Waals surface area contributed by atoms with E-state index in [9.17, 15) is 4.79 Å². The molecule has 0 amide bonds. The first kappa shape index (κ1) is 12.5. The van der Waals surface area contributed by atoms with Crippen LogP contribution < -0.4 is 4.74 Å². The fourth-order valence-electron chi connectivity index (χ4n) is 1.27. The molecule has 0 saturated carbocycles. The summed E-state index contributed by atoms with van der Waals surface area (Å²) in [5.41, 5.74) is 0.827. The number of hydrogen-bond acceptors (Lipinski definition) is 4. The molecule has 0 fully saturated rings. The highest BCUT2D eigenvalue weighted by atomic mass is 16.5. The first-order valence-electron chi connectivity index (χ1n) is 5.09. The van der Waals surface area contributed by atoms with E-state index in [1.54, 1.807) is 31.2 Å². The van der Waals surface area contributed by atoms with Gasteiger partial charge in [-0.3, -0.25) is 4.79 Å². The quantitative estimate of drug-likeness (QED) is 0.770. The number of carbonyl (C=O) groups is 1. The minimum Gasteiger partial charge on any atom is -0.490 e. The highest BCUT2D eigenvalue weighted by Crippen LogP contribution is 2.15. The van der Waals surface area contributed by atoms with Crippen LogP contribution in [0.4, 0.5) is 0 Å². The van der Waals surface area contributed by atoms with E-state index in [4.69, 9.17) is 9.84 Å². The number of hydrogen-bond donors (Lipinski definition) is 1. The molecule has 0 saturated heterocycles. The fourth-order valence-corrected chi connectivity index (χ4v) is 1.27. The predicted molar refractivity (Wildman–Crippen MR) is 59.1 cm³/mol. The average Bonchev–Trinajstić information content (AvgIpc) is 2.29. The van der Waals surface area contributed by atoms with Crippen molar-refractivity contribution in [1.29, 1.82) is 0 Å². The molecule has 0 radical (unpaired) electrons. The maximum atomic E-state index is 11.0. The minimum atomic E-state index is -0.292. The number of aliphatic hydroxyl groups excluding tert-OH is 1. The Kier molecular flexibility index (Phi) is 4.79. The first-order chi connectivity index (χ1) is 7.65. The summed E-state index contributed by atoms with van der Waals surface area (Å²) < 4.78 is 10.0. The summed E-state index contributed by atoms with van der Waals surface area (Å²) >= 11 is 0. The van der Waals surface area contributed by atoms with Crippen molar-refractivity contribution in [1.82, 2.24) is 0 Å². The van der Waals surface area contributed by atoms with E-state index in [-0.39, 0.29) is 25.1 Å². The largest absolute Gasteiger partial charge is 0.490 e. The van der Waals surface area contributed by atoms with Crippen molar-refractivity contribution >= 4 is 5.97 Å². The van der Waals surface area contributed by atoms with Crippen LogP contribution in [0.1, 0.15) is 18.9 Å². The molecule has 1 N–H and O–H groups in total. The second kappa shape index (κ2) is 6.12. The van der Waals surface area contributed by atoms with E-state index in [1.165, 1.54) is 7.11 Å². The van der Waals surface area contributed by atoms with E-state index < -0.39 is 0 Å². The smallest absolute Gasteiger partial charge is 0.309 e. The molecule has 0 aliphatic rings. The SMILES string of the molecule is COC(=O)CC(C)Oc1ccc(CO)cc1. The number of ether oxygens (including phenoxy) is 2. The van der Waals surface area contributed by atoms with Gasteiger partial charge >= 0.3 is 5.97 Å². The summed E-state index contributed by atoms with van der Waals surface area (Å²) in [4.78, 5) is 11.0. The molecule has 0 bridgehead atoms. The number of benzene rings is 1. The van der Waals surface area contributed by atoms with Crippen molar-refractivity contribution in [3.05, 3.63) is 29.8 Å². The van der Waals surface area contributed by atoms with Crippen molar-refractivity contribution in [2.45, 2.75) is 26.1 Å². The highest BCUT2D eigenvalue weighted by molar-refractivity contribution is 5.69. The third-order valence-corrected chi connectivity index (χ3v) is 2.12. The Hall–Kier alpha value is -1.55. The lowest BCUT2D eigenvalue weighted by molar-refractivity contribution is -0.142. The molecule has 1 rings (SSSR count). The molecule has 88 valence electrons. The standard InChI is InChI=1S/C12H16O4/c1-9(7-12(14)15-2)16-11-5-3-10(8-13)4-6-11/h3-6,9,13H,7-8H2,1-2H3. The number of rotatable bonds is 5. The number of carbonyl (C=O) groups excluding carboxylic acids is 1. The van der Waals surface area contributed by atoms with Gasteiger partial charge in [0, 0.05) is 0 Å². The maximum absolute atomic E-state index is 11.0. The Morgan fingerprint density at radius 3 is 2.50 bits per heavy atom. The van der Waals surface area contributed by atoms with Crippen LogP contribution in [-0.4, -0.2) is 24.3 Å². The van der Waals surface area contributed by atoms with Gasteiger partial charge in [0.15, 0.2) is 0 Å². The van der Waals surface area contributed by atoms with E-state index in [0.29, 0.717) is 5.75 Å². The van der Waals surface area contributed by atoms with E-state index in [0.717, 1.165) is 5.56 Å². The van der Waals surface area contributed by atoms with Crippen LogP contribution in [-0.2, 0) is 16.1 Å². The minimum absolute atomic E-state index is 0.0119. The number of aliphatic hydroxyl groups is 1. The van der Waals surface area contributed by atoms with Crippen molar-refractivity contribution in [3.8, 4) is 5.75 Å². The van der Waals surface area contributed by atoms with Crippen LogP contribution in [0, 0.1) is 0 Å². The predicted octanol–water partition coefficient (Wildman–Crippen LogP) is 1.51. The van der Waals surface area contributed by atoms with Crippen LogP contribution in [0.25, 0.3) is 0 Å². The van der Waals surface area contributed by atoms with Crippen LogP contribution >= 0.6 is 0 Å². The molecule has 1 aromatic rings. The van der Waals surface area contributed by atoms with E-state index >= 15 is 0 Å². The Morgan fingerprint density at radius 2 is 2.00 bits per heavy atom. The molecule has 0 aliphatic carbocycles. The lowest BCUT2D eigenvalue weighted by Gasteiger charge is -2.13. The summed E-state index contributed by atoms with van der Waals surface area (Å²) in [6.45, 7) is 1.81. The summed E-state index contributed by atoms with van der Waals surface area (Å²) in [5, 5.41) is 8.86. The molecule has 0 aromatic heterocycles. The summed E-state index contributed by atoms with van der Waals surface area (Å²) in [6.07, 6.45) is -0.00875. The summed E-state index contributed by atoms with van der Waals surface area (Å²) in [6, 6.07) is 7.08. The second-order valence-electron chi connectivity index (χ2n) is 3.51. The lowest BCUT2D eigenvalue weighted by atomic mass is 10.2. The Morgan fingerprint density at radius 1 is 1.38 bits per heavy atom. The third-order valence-electron chi connectivity index (χ3n) is 2.12. The average molecular weight is 224 g/mol. The number of methoxy groups -OCH3 is 1. The van der Waals surface area contributed by atoms with Crippen molar-refractivity contribution in [2.75, 3.05) is 7.11 Å². The van der Waals surface area contributed by atoms with Gasteiger partial charge in [-0.15, -0.1) is 0 Å². The van der Waals surface area contributed by atoms with Gasteiger partial charge in [-0.2, -0.15) is 0 Å². The topological polar surface area (TPSA) is 55.8 Å². The van der Waals surface area contributed by atoms with Crippen LogP contribution in [0.3, 0.4) is 0 Å². The number of esters is 1. The molecular weight excluding hydrogens is 208 g/mol. The summed E-state index contributed by atoms with van der Waals surface area (Å²) in [7, 11) is 1.35. The molecule has 0 aliphatic heterocycles. The second-order valence-corrected chi connectivity index (χ2v) is 3.51. The van der Waals surface area contributed by atoms with Crippen LogP contribution in [0.15, 0.2) is 24.3 Å². The molecule has 1 aromatic carbocycles. The van der Waals surface area contributed by atoms with Crippen molar-refractivity contribution in [2.24, 2.45) is 0 Å². The van der Waals surface area contributed by atoms with Gasteiger partial charge in [0.25, 0.3) is 0 Å². The van der Waals surface area contributed by atoms with Gasteiger partial charge in [-0.25, -0.2) is 0 Å². The molecular formula is C12H16O4. The molecule has 0 spiro atoms. The van der Waals surface area contributed by atoms with Gasteiger partial charge in [0.05, 0.1) is 20.1 Å². The molecule has 1 unspecified atom stereocenters. The zero-order valence-electron chi connectivity index (χ0n) is 9.47. The monoisotopic (exact) mass is 224 g/mol. The highest BCUT2D eigenvalue weighted by Gasteiger charge is 2.10. The Balaban J connectivity index is 2.49. The molecule has 4 heteroatoms. The first-order valence-corrected chi connectivity index (χ1v) is 5.09. The molecule has 1 atom stereocenters. The van der Waals surface area contributed by atoms with Crippen molar-refractivity contribution < 1.29 is 19.4 Å². The van der Waals surface area contributed by atoms with Gasteiger partial charge in [-0.05, 0) is 24.6 Å². The van der Waals surface area contributed by atoms with Gasteiger partial charge in [0.2, 0.25) is 0 Å². The normalized spacial score (nSPS) is 11.9. The zero-order chi connectivity index (χ0) is 12.0. The zero-order valence-corrected chi connectivity index (χ0v) is 9.47. The lowest BCUT2D eigenvalue weighted by Crippen LogP contribution is -2.17. The molecule has 0 heterocycles. The molecule has 16 heavy (non-hydrogen) atoms. The summed E-state index contributed by atoms with van der Waals surface area (Å²) in [5.74, 6) is 0.382. The van der Waals surface area contributed by atoms with Crippen molar-refractivity contribution in [3.63, 3.8) is 0 Å². The Labute approximate surface area is 94.8 Å². The van der Waals surface area contributed by atoms with Gasteiger partial charge in [0.1, 0.15) is 11.9 Å². The van der Waals surface area contributed by atoms with Gasteiger partial charge in [-0.1, -0.05) is 12.1 Å². The van der Waals surface area contributed by atoms with Crippen LogP contribution in [0.2, 0.25) is 0 Å². The van der Waals surface area contributed by atoms with E-state index in [1.807, 2.05) is 0 Å². The van der Waals surface area contributed by atoms with Gasteiger partial charge < -0.3 is 14.6 Å². The maximum Gasteiger partial charge on any atom is 0.309 e. The third kappa shape index (κ3) is 3.90. The fraction of sp³-hybridized carbons (Fsp3) is 0.417. The Bertz CT molecular complexity index is 331. The van der Waals surface area contributed by atoms with Crippen LogP contribution in [0.5, 0.6) is 5.75 Å². The molecule has 4 nitrogen and oxygen atoms in total.